The number of rotatable bonds is 3. The van der Waals surface area contributed by atoms with E-state index in [1.165, 1.54) is 0 Å². The van der Waals surface area contributed by atoms with E-state index in [1.807, 2.05) is 0 Å². The molecule has 0 spiro atoms. The van der Waals surface area contributed by atoms with Crippen LogP contribution in [0.1, 0.15) is 12.5 Å². The SMILES string of the molecule is CCNS(=O)(=O)c1cc(N)c(C)cc1F. The number of nitrogens with two attached hydrogens (primary N) is 1. The Morgan fingerprint density at radius 3 is 2.60 bits per heavy atom. The summed E-state index contributed by atoms with van der Waals surface area (Å²) >= 11 is 0. The molecule has 0 aromatic heterocycles. The summed E-state index contributed by atoms with van der Waals surface area (Å²) in [5.74, 6) is -0.789. The first kappa shape index (κ1) is 11.9. The van der Waals surface area contributed by atoms with Crippen LogP contribution in [0.3, 0.4) is 0 Å². The van der Waals surface area contributed by atoms with Gasteiger partial charge < -0.3 is 5.73 Å². The molecule has 0 fully saturated rings. The zero-order valence-corrected chi connectivity index (χ0v) is 9.36. The van der Waals surface area contributed by atoms with Crippen LogP contribution in [-0.4, -0.2) is 15.0 Å². The molecule has 0 saturated heterocycles. The summed E-state index contributed by atoms with van der Waals surface area (Å²) in [4.78, 5) is -0.410. The number of sulfonamides is 1. The summed E-state index contributed by atoms with van der Waals surface area (Å²) in [6, 6.07) is 2.24. The van der Waals surface area contributed by atoms with Crippen molar-refractivity contribution in [1.82, 2.24) is 4.72 Å². The van der Waals surface area contributed by atoms with Gasteiger partial charge in [-0.25, -0.2) is 17.5 Å². The molecule has 0 bridgehead atoms. The predicted molar refractivity (Wildman–Crippen MR) is 56.4 cm³/mol. The number of aryl methyl sites for hydroxylation is 1. The monoisotopic (exact) mass is 232 g/mol. The van der Waals surface area contributed by atoms with E-state index < -0.39 is 20.7 Å². The van der Waals surface area contributed by atoms with E-state index in [2.05, 4.69) is 4.72 Å². The minimum absolute atomic E-state index is 0.204. The highest BCUT2D eigenvalue weighted by atomic mass is 32.2. The van der Waals surface area contributed by atoms with Crippen molar-refractivity contribution in [2.24, 2.45) is 0 Å². The topological polar surface area (TPSA) is 72.2 Å². The van der Waals surface area contributed by atoms with Crippen molar-refractivity contribution in [3.8, 4) is 0 Å². The molecular weight excluding hydrogens is 219 g/mol. The summed E-state index contributed by atoms with van der Waals surface area (Å²) in [5.41, 5.74) is 6.30. The third-order valence-electron chi connectivity index (χ3n) is 1.94. The summed E-state index contributed by atoms with van der Waals surface area (Å²) in [5, 5.41) is 0. The predicted octanol–water partition coefficient (Wildman–Crippen LogP) is 1.01. The number of nitrogen functional groups attached to an aromatic ring is 1. The molecule has 4 nitrogen and oxygen atoms in total. The van der Waals surface area contributed by atoms with Crippen LogP contribution < -0.4 is 10.5 Å². The quantitative estimate of drug-likeness (QED) is 0.764. The molecule has 0 radical (unpaired) electrons. The van der Waals surface area contributed by atoms with Crippen molar-refractivity contribution in [2.45, 2.75) is 18.7 Å². The molecule has 1 aromatic rings. The van der Waals surface area contributed by atoms with Crippen molar-refractivity contribution < 1.29 is 12.8 Å². The van der Waals surface area contributed by atoms with E-state index in [0.717, 1.165) is 12.1 Å². The van der Waals surface area contributed by atoms with Gasteiger partial charge in [-0.3, -0.25) is 0 Å². The van der Waals surface area contributed by atoms with Gasteiger partial charge in [0, 0.05) is 12.2 Å². The Balaban J connectivity index is 3.33. The van der Waals surface area contributed by atoms with Crippen LogP contribution in [0.4, 0.5) is 10.1 Å². The van der Waals surface area contributed by atoms with Crippen LogP contribution in [0.25, 0.3) is 0 Å². The number of anilines is 1. The molecule has 0 aliphatic carbocycles. The summed E-state index contributed by atoms with van der Waals surface area (Å²) in [6.07, 6.45) is 0. The third-order valence-corrected chi connectivity index (χ3v) is 3.51. The Kier molecular flexibility index (Phi) is 3.31. The number of halogens is 1. The van der Waals surface area contributed by atoms with Gasteiger partial charge in [0.15, 0.2) is 0 Å². The Morgan fingerprint density at radius 2 is 2.07 bits per heavy atom. The van der Waals surface area contributed by atoms with E-state index in [-0.39, 0.29) is 12.2 Å². The van der Waals surface area contributed by atoms with Crippen molar-refractivity contribution in [3.05, 3.63) is 23.5 Å². The van der Waals surface area contributed by atoms with E-state index in [1.54, 1.807) is 13.8 Å². The third kappa shape index (κ3) is 2.45. The summed E-state index contributed by atoms with van der Waals surface area (Å²) < 4.78 is 38.6. The van der Waals surface area contributed by atoms with Gasteiger partial charge >= 0.3 is 0 Å². The highest BCUT2D eigenvalue weighted by Gasteiger charge is 2.19. The molecule has 84 valence electrons. The van der Waals surface area contributed by atoms with Crippen LogP contribution >= 0.6 is 0 Å². The molecular formula is C9H13FN2O2S. The molecule has 15 heavy (non-hydrogen) atoms. The van der Waals surface area contributed by atoms with Gasteiger partial charge in [0.05, 0.1) is 0 Å². The molecule has 1 aromatic carbocycles. The summed E-state index contributed by atoms with van der Waals surface area (Å²) in [6.45, 7) is 3.44. The lowest BCUT2D eigenvalue weighted by Gasteiger charge is -2.08. The summed E-state index contributed by atoms with van der Waals surface area (Å²) in [7, 11) is -3.79. The maximum absolute atomic E-state index is 13.4. The maximum atomic E-state index is 13.4. The molecule has 0 aliphatic heterocycles. The van der Waals surface area contributed by atoms with Crippen molar-refractivity contribution in [1.29, 1.82) is 0 Å². The average molecular weight is 232 g/mol. The van der Waals surface area contributed by atoms with E-state index in [0.29, 0.717) is 5.56 Å². The first-order valence-electron chi connectivity index (χ1n) is 4.43. The zero-order chi connectivity index (χ0) is 11.6. The van der Waals surface area contributed by atoms with Crippen LogP contribution in [0.5, 0.6) is 0 Å². The Morgan fingerprint density at radius 1 is 1.47 bits per heavy atom. The molecule has 0 aliphatic rings. The lowest BCUT2D eigenvalue weighted by molar-refractivity contribution is 0.558. The Hall–Kier alpha value is -1.14. The van der Waals surface area contributed by atoms with Crippen LogP contribution in [-0.2, 0) is 10.0 Å². The Bertz CT molecular complexity index is 471. The number of benzene rings is 1. The highest BCUT2D eigenvalue weighted by Crippen LogP contribution is 2.20. The minimum Gasteiger partial charge on any atom is -0.398 e. The normalized spacial score (nSPS) is 11.7. The second kappa shape index (κ2) is 4.16. The second-order valence-electron chi connectivity index (χ2n) is 3.14. The van der Waals surface area contributed by atoms with Crippen molar-refractivity contribution >= 4 is 15.7 Å². The molecule has 1 rings (SSSR count). The van der Waals surface area contributed by atoms with Crippen molar-refractivity contribution in [3.63, 3.8) is 0 Å². The van der Waals surface area contributed by atoms with E-state index >= 15 is 0 Å². The lowest BCUT2D eigenvalue weighted by Crippen LogP contribution is -2.24. The van der Waals surface area contributed by atoms with Gasteiger partial charge in [0.25, 0.3) is 0 Å². The van der Waals surface area contributed by atoms with Gasteiger partial charge in [-0.15, -0.1) is 0 Å². The first-order chi connectivity index (χ1) is 6.88. The molecule has 6 heteroatoms. The minimum atomic E-state index is -3.79. The van der Waals surface area contributed by atoms with Crippen LogP contribution in [0.15, 0.2) is 17.0 Å². The molecule has 0 heterocycles. The fourth-order valence-corrected chi connectivity index (χ4v) is 2.28. The lowest BCUT2D eigenvalue weighted by atomic mass is 10.2. The molecule has 0 amide bonds. The van der Waals surface area contributed by atoms with Gasteiger partial charge in [-0.1, -0.05) is 6.92 Å². The van der Waals surface area contributed by atoms with Crippen molar-refractivity contribution in [2.75, 3.05) is 12.3 Å². The van der Waals surface area contributed by atoms with Crippen LogP contribution in [0, 0.1) is 12.7 Å². The van der Waals surface area contributed by atoms with E-state index in [4.69, 9.17) is 5.73 Å². The Labute approximate surface area is 88.3 Å². The second-order valence-corrected chi connectivity index (χ2v) is 4.88. The largest absolute Gasteiger partial charge is 0.398 e. The molecule has 0 unspecified atom stereocenters. The fourth-order valence-electron chi connectivity index (χ4n) is 1.14. The molecule has 0 saturated carbocycles. The molecule has 3 N–H and O–H groups in total. The van der Waals surface area contributed by atoms with Gasteiger partial charge in [0.1, 0.15) is 10.7 Å². The van der Waals surface area contributed by atoms with E-state index in [9.17, 15) is 12.8 Å². The highest BCUT2D eigenvalue weighted by molar-refractivity contribution is 7.89. The van der Waals surface area contributed by atoms with Gasteiger partial charge in [-0.2, -0.15) is 0 Å². The number of hydrogen-bond acceptors (Lipinski definition) is 3. The molecule has 0 atom stereocenters. The number of nitrogens with one attached hydrogen (secondary N) is 1. The zero-order valence-electron chi connectivity index (χ0n) is 8.54. The fraction of sp³-hybridized carbons (Fsp3) is 0.333. The standard InChI is InChI=1S/C9H13FN2O2S/c1-3-12-15(13,14)9-5-8(11)6(2)4-7(9)10/h4-5,12H,3,11H2,1-2H3. The van der Waals surface area contributed by atoms with Gasteiger partial charge in [0.2, 0.25) is 10.0 Å². The smallest absolute Gasteiger partial charge is 0.243 e. The van der Waals surface area contributed by atoms with Crippen LogP contribution in [0.2, 0.25) is 0 Å². The van der Waals surface area contributed by atoms with Gasteiger partial charge in [-0.05, 0) is 24.6 Å². The average Bonchev–Trinajstić information content (AvgIpc) is 2.11. The first-order valence-corrected chi connectivity index (χ1v) is 5.92. The maximum Gasteiger partial charge on any atom is 0.243 e. The number of hydrogen-bond donors (Lipinski definition) is 2.